The van der Waals surface area contributed by atoms with Gasteiger partial charge in [0.25, 0.3) is 0 Å². The SMILES string of the molecule is OCc1cncc(N2CCc3ccccc3CC2)n1. The number of benzene rings is 1. The highest BCUT2D eigenvalue weighted by Crippen LogP contribution is 2.19. The van der Waals surface area contributed by atoms with E-state index < -0.39 is 0 Å². The van der Waals surface area contributed by atoms with Gasteiger partial charge in [-0.2, -0.15) is 0 Å². The third kappa shape index (κ3) is 2.58. The van der Waals surface area contributed by atoms with Crippen LogP contribution in [0.1, 0.15) is 16.8 Å². The molecule has 0 unspecified atom stereocenters. The van der Waals surface area contributed by atoms with Gasteiger partial charge in [0.05, 0.1) is 24.7 Å². The molecule has 0 aliphatic carbocycles. The molecule has 2 heterocycles. The van der Waals surface area contributed by atoms with Crippen molar-refractivity contribution < 1.29 is 5.11 Å². The smallest absolute Gasteiger partial charge is 0.147 e. The molecule has 1 aliphatic rings. The molecular formula is C15H17N3O. The highest BCUT2D eigenvalue weighted by atomic mass is 16.3. The van der Waals surface area contributed by atoms with E-state index in [1.165, 1.54) is 11.1 Å². The Morgan fingerprint density at radius 3 is 2.37 bits per heavy atom. The van der Waals surface area contributed by atoms with Crippen LogP contribution in [0.4, 0.5) is 5.82 Å². The Labute approximate surface area is 112 Å². The number of rotatable bonds is 2. The van der Waals surface area contributed by atoms with E-state index in [1.807, 2.05) is 0 Å². The van der Waals surface area contributed by atoms with Gasteiger partial charge in [0.1, 0.15) is 5.82 Å². The summed E-state index contributed by atoms with van der Waals surface area (Å²) < 4.78 is 0. The van der Waals surface area contributed by atoms with Gasteiger partial charge in [0.2, 0.25) is 0 Å². The van der Waals surface area contributed by atoms with Crippen LogP contribution in [0.5, 0.6) is 0 Å². The lowest BCUT2D eigenvalue weighted by molar-refractivity contribution is 0.276. The standard InChI is InChI=1S/C15H17N3O/c19-11-14-9-16-10-15(17-14)18-7-5-12-3-1-2-4-13(12)6-8-18/h1-4,9-10,19H,5-8,11H2. The van der Waals surface area contributed by atoms with Gasteiger partial charge in [-0.05, 0) is 24.0 Å². The van der Waals surface area contributed by atoms with Crippen molar-refractivity contribution in [1.29, 1.82) is 0 Å². The molecule has 1 aromatic heterocycles. The van der Waals surface area contributed by atoms with E-state index in [0.717, 1.165) is 31.7 Å². The Hall–Kier alpha value is -1.94. The molecule has 0 saturated heterocycles. The lowest BCUT2D eigenvalue weighted by atomic mass is 10.0. The van der Waals surface area contributed by atoms with Crippen LogP contribution < -0.4 is 4.90 Å². The fourth-order valence-corrected chi connectivity index (χ4v) is 2.52. The van der Waals surface area contributed by atoms with Gasteiger partial charge in [-0.25, -0.2) is 4.98 Å². The van der Waals surface area contributed by atoms with E-state index in [9.17, 15) is 0 Å². The van der Waals surface area contributed by atoms with E-state index in [4.69, 9.17) is 5.11 Å². The molecule has 98 valence electrons. The lowest BCUT2D eigenvalue weighted by Gasteiger charge is -2.21. The fourth-order valence-electron chi connectivity index (χ4n) is 2.52. The molecule has 3 rings (SSSR count). The number of nitrogens with zero attached hydrogens (tertiary/aromatic N) is 3. The van der Waals surface area contributed by atoms with Crippen molar-refractivity contribution in [1.82, 2.24) is 9.97 Å². The number of aliphatic hydroxyl groups excluding tert-OH is 1. The molecule has 1 aromatic carbocycles. The summed E-state index contributed by atoms with van der Waals surface area (Å²) in [7, 11) is 0. The third-order valence-corrected chi connectivity index (χ3v) is 3.58. The van der Waals surface area contributed by atoms with Crippen LogP contribution in [0.2, 0.25) is 0 Å². The average Bonchev–Trinajstić information content (AvgIpc) is 2.70. The Morgan fingerprint density at radius 2 is 1.74 bits per heavy atom. The van der Waals surface area contributed by atoms with Crippen molar-refractivity contribution in [2.75, 3.05) is 18.0 Å². The zero-order valence-electron chi connectivity index (χ0n) is 10.8. The first-order chi connectivity index (χ1) is 9.36. The van der Waals surface area contributed by atoms with Crippen molar-refractivity contribution in [3.8, 4) is 0 Å². The molecule has 0 spiro atoms. The number of hydrogen-bond acceptors (Lipinski definition) is 4. The summed E-state index contributed by atoms with van der Waals surface area (Å²) >= 11 is 0. The molecule has 0 fully saturated rings. The molecule has 19 heavy (non-hydrogen) atoms. The first-order valence-corrected chi connectivity index (χ1v) is 6.60. The molecule has 0 radical (unpaired) electrons. The Bertz CT molecular complexity index is 544. The molecule has 1 aliphatic heterocycles. The minimum absolute atomic E-state index is 0.0606. The van der Waals surface area contributed by atoms with Crippen molar-refractivity contribution in [3.05, 3.63) is 53.5 Å². The van der Waals surface area contributed by atoms with Gasteiger partial charge in [0, 0.05) is 13.1 Å². The molecular weight excluding hydrogens is 238 g/mol. The predicted molar refractivity (Wildman–Crippen MR) is 74.0 cm³/mol. The average molecular weight is 255 g/mol. The van der Waals surface area contributed by atoms with Crippen molar-refractivity contribution in [3.63, 3.8) is 0 Å². The maximum Gasteiger partial charge on any atom is 0.147 e. The van der Waals surface area contributed by atoms with Crippen LogP contribution in [-0.4, -0.2) is 28.2 Å². The molecule has 1 N–H and O–H groups in total. The molecule has 0 amide bonds. The van der Waals surface area contributed by atoms with Gasteiger partial charge in [-0.15, -0.1) is 0 Å². The van der Waals surface area contributed by atoms with E-state index >= 15 is 0 Å². The predicted octanol–water partition coefficient (Wildman–Crippen LogP) is 1.57. The van der Waals surface area contributed by atoms with E-state index in [0.29, 0.717) is 5.69 Å². The molecule has 4 heteroatoms. The number of aromatic nitrogens is 2. The Balaban J connectivity index is 1.81. The fraction of sp³-hybridized carbons (Fsp3) is 0.333. The number of fused-ring (bicyclic) bond motifs is 1. The minimum atomic E-state index is -0.0606. The topological polar surface area (TPSA) is 49.3 Å². The van der Waals surface area contributed by atoms with Crippen molar-refractivity contribution >= 4 is 5.82 Å². The molecule has 0 atom stereocenters. The lowest BCUT2D eigenvalue weighted by Crippen LogP contribution is -2.27. The number of hydrogen-bond donors (Lipinski definition) is 1. The maximum atomic E-state index is 9.14. The van der Waals surface area contributed by atoms with Gasteiger partial charge < -0.3 is 10.0 Å². The summed E-state index contributed by atoms with van der Waals surface area (Å²) in [6, 6.07) is 8.60. The largest absolute Gasteiger partial charge is 0.390 e. The summed E-state index contributed by atoms with van der Waals surface area (Å²) in [5, 5.41) is 9.14. The molecule has 2 aromatic rings. The van der Waals surface area contributed by atoms with Crippen LogP contribution in [0.25, 0.3) is 0 Å². The zero-order chi connectivity index (χ0) is 13.1. The van der Waals surface area contributed by atoms with Crippen LogP contribution in [0.3, 0.4) is 0 Å². The van der Waals surface area contributed by atoms with Crippen LogP contribution in [0, 0.1) is 0 Å². The van der Waals surface area contributed by atoms with E-state index in [1.54, 1.807) is 12.4 Å². The van der Waals surface area contributed by atoms with Crippen molar-refractivity contribution in [2.24, 2.45) is 0 Å². The highest BCUT2D eigenvalue weighted by Gasteiger charge is 2.15. The van der Waals surface area contributed by atoms with Gasteiger partial charge in [0.15, 0.2) is 0 Å². The quantitative estimate of drug-likeness (QED) is 0.885. The second-order valence-electron chi connectivity index (χ2n) is 4.78. The molecule has 0 bridgehead atoms. The van der Waals surface area contributed by atoms with E-state index in [-0.39, 0.29) is 6.61 Å². The van der Waals surface area contributed by atoms with Crippen LogP contribution in [-0.2, 0) is 19.4 Å². The first kappa shape index (κ1) is 12.1. The van der Waals surface area contributed by atoms with Gasteiger partial charge >= 0.3 is 0 Å². The second-order valence-corrected chi connectivity index (χ2v) is 4.78. The monoisotopic (exact) mass is 255 g/mol. The van der Waals surface area contributed by atoms with Gasteiger partial charge in [-0.1, -0.05) is 24.3 Å². The normalized spacial score (nSPS) is 14.9. The second kappa shape index (κ2) is 5.36. The van der Waals surface area contributed by atoms with Gasteiger partial charge in [-0.3, -0.25) is 4.98 Å². The summed E-state index contributed by atoms with van der Waals surface area (Å²) in [5.74, 6) is 0.861. The minimum Gasteiger partial charge on any atom is -0.390 e. The summed E-state index contributed by atoms with van der Waals surface area (Å²) in [6.45, 7) is 1.83. The zero-order valence-corrected chi connectivity index (χ0v) is 10.8. The molecule has 0 saturated carbocycles. The molecule has 4 nitrogen and oxygen atoms in total. The summed E-state index contributed by atoms with van der Waals surface area (Å²) in [5.41, 5.74) is 3.48. The third-order valence-electron chi connectivity index (χ3n) is 3.58. The maximum absolute atomic E-state index is 9.14. The number of anilines is 1. The van der Waals surface area contributed by atoms with Crippen LogP contribution in [0.15, 0.2) is 36.7 Å². The van der Waals surface area contributed by atoms with Crippen LogP contribution >= 0.6 is 0 Å². The summed E-state index contributed by atoms with van der Waals surface area (Å²) in [4.78, 5) is 10.8. The first-order valence-electron chi connectivity index (χ1n) is 6.60. The number of aliphatic hydroxyl groups is 1. The summed E-state index contributed by atoms with van der Waals surface area (Å²) in [6.07, 6.45) is 5.44. The Morgan fingerprint density at radius 1 is 1.05 bits per heavy atom. The Kier molecular flexibility index (Phi) is 3.42. The highest BCUT2D eigenvalue weighted by molar-refractivity contribution is 5.40. The van der Waals surface area contributed by atoms with Crippen molar-refractivity contribution in [2.45, 2.75) is 19.4 Å². The van der Waals surface area contributed by atoms with E-state index in [2.05, 4.69) is 39.1 Å².